The lowest BCUT2D eigenvalue weighted by Crippen LogP contribution is -2.36. The van der Waals surface area contributed by atoms with Crippen molar-refractivity contribution in [3.8, 4) is 0 Å². The van der Waals surface area contributed by atoms with Gasteiger partial charge in [0.1, 0.15) is 0 Å². The normalized spacial score (nSPS) is 14.0. The Kier molecular flexibility index (Phi) is 3.50. The van der Waals surface area contributed by atoms with Crippen LogP contribution in [-0.2, 0) is 0 Å². The van der Waals surface area contributed by atoms with Gasteiger partial charge in [0.2, 0.25) is 0 Å². The first-order chi connectivity index (χ1) is 11.6. The van der Waals surface area contributed by atoms with Gasteiger partial charge in [0, 0.05) is 9.86 Å². The SMILES string of the molecule is O=C1c2cccc3cccc(c23)C(=O)N1/N=C/c1cccc(Br)c1. The summed E-state index contributed by atoms with van der Waals surface area (Å²) in [6, 6.07) is 18.3. The maximum atomic E-state index is 12.7. The van der Waals surface area contributed by atoms with Crippen LogP contribution in [0.25, 0.3) is 10.8 Å². The number of amides is 2. The van der Waals surface area contributed by atoms with Crippen LogP contribution in [-0.4, -0.2) is 23.0 Å². The van der Waals surface area contributed by atoms with Crippen LogP contribution in [0.3, 0.4) is 0 Å². The second kappa shape index (κ2) is 5.69. The number of benzene rings is 3. The highest BCUT2D eigenvalue weighted by atomic mass is 79.9. The van der Waals surface area contributed by atoms with E-state index in [0.717, 1.165) is 20.4 Å². The molecule has 0 N–H and O–H groups in total. The Bertz CT molecular complexity index is 976. The van der Waals surface area contributed by atoms with Gasteiger partial charge in [-0.15, -0.1) is 0 Å². The van der Waals surface area contributed by atoms with Gasteiger partial charge in [-0.25, -0.2) is 0 Å². The average Bonchev–Trinajstić information content (AvgIpc) is 2.59. The van der Waals surface area contributed by atoms with Crippen LogP contribution in [0.1, 0.15) is 26.3 Å². The standard InChI is InChI=1S/C19H11BrN2O2/c20-14-7-1-4-12(10-14)11-21-22-18(23)15-8-2-5-13-6-3-9-16(17(13)15)19(22)24/h1-11H/b21-11+. The van der Waals surface area contributed by atoms with E-state index >= 15 is 0 Å². The van der Waals surface area contributed by atoms with Crippen LogP contribution >= 0.6 is 15.9 Å². The van der Waals surface area contributed by atoms with Gasteiger partial charge in [-0.2, -0.15) is 10.1 Å². The minimum Gasteiger partial charge on any atom is -0.267 e. The number of hydrogen-bond donors (Lipinski definition) is 0. The van der Waals surface area contributed by atoms with Gasteiger partial charge in [-0.3, -0.25) is 9.59 Å². The molecule has 0 spiro atoms. The number of hydrazone groups is 1. The minimum atomic E-state index is -0.407. The van der Waals surface area contributed by atoms with E-state index in [-0.39, 0.29) is 0 Å². The van der Waals surface area contributed by atoms with Crippen molar-refractivity contribution in [1.82, 2.24) is 5.01 Å². The fraction of sp³-hybridized carbons (Fsp3) is 0. The van der Waals surface area contributed by atoms with Crippen LogP contribution in [0.5, 0.6) is 0 Å². The van der Waals surface area contributed by atoms with E-state index in [1.807, 2.05) is 48.5 Å². The highest BCUT2D eigenvalue weighted by Crippen LogP contribution is 2.30. The van der Waals surface area contributed by atoms with E-state index in [1.54, 1.807) is 12.1 Å². The number of imide groups is 1. The molecular formula is C19H11BrN2O2. The summed E-state index contributed by atoms with van der Waals surface area (Å²) in [4.78, 5) is 25.4. The molecule has 0 saturated heterocycles. The van der Waals surface area contributed by atoms with Crippen molar-refractivity contribution in [2.45, 2.75) is 0 Å². The second-order valence-corrected chi connectivity index (χ2v) is 6.35. The highest BCUT2D eigenvalue weighted by molar-refractivity contribution is 9.10. The Balaban J connectivity index is 1.79. The first-order valence-corrected chi connectivity index (χ1v) is 8.14. The maximum Gasteiger partial charge on any atom is 0.282 e. The van der Waals surface area contributed by atoms with Crippen LogP contribution in [0.4, 0.5) is 0 Å². The molecule has 4 nitrogen and oxygen atoms in total. The molecule has 0 unspecified atom stereocenters. The fourth-order valence-corrected chi connectivity index (χ4v) is 3.25. The van der Waals surface area contributed by atoms with Crippen molar-refractivity contribution in [3.63, 3.8) is 0 Å². The van der Waals surface area contributed by atoms with E-state index < -0.39 is 11.8 Å². The Hall–Kier alpha value is -2.79. The smallest absolute Gasteiger partial charge is 0.267 e. The topological polar surface area (TPSA) is 49.7 Å². The molecule has 0 saturated carbocycles. The molecule has 1 aliphatic heterocycles. The predicted molar refractivity (Wildman–Crippen MR) is 96.2 cm³/mol. The van der Waals surface area contributed by atoms with Gasteiger partial charge < -0.3 is 0 Å². The Morgan fingerprint density at radius 3 is 2.12 bits per heavy atom. The Morgan fingerprint density at radius 2 is 1.50 bits per heavy atom. The maximum absolute atomic E-state index is 12.7. The monoisotopic (exact) mass is 378 g/mol. The third kappa shape index (κ3) is 2.34. The first-order valence-electron chi connectivity index (χ1n) is 7.35. The summed E-state index contributed by atoms with van der Waals surface area (Å²) in [5.41, 5.74) is 1.78. The van der Waals surface area contributed by atoms with Crippen molar-refractivity contribution < 1.29 is 9.59 Å². The Labute approximate surface area is 146 Å². The first kappa shape index (κ1) is 14.8. The van der Waals surface area contributed by atoms with Gasteiger partial charge >= 0.3 is 0 Å². The lowest BCUT2D eigenvalue weighted by molar-refractivity contribution is 0.0616. The van der Waals surface area contributed by atoms with Crippen LogP contribution < -0.4 is 0 Å². The predicted octanol–water partition coefficient (Wildman–Crippen LogP) is 4.23. The third-order valence-corrected chi connectivity index (χ3v) is 4.41. The van der Waals surface area contributed by atoms with Crippen molar-refractivity contribution in [1.29, 1.82) is 0 Å². The number of nitrogens with zero attached hydrogens (tertiary/aromatic N) is 2. The third-order valence-electron chi connectivity index (χ3n) is 3.92. The molecule has 5 heteroatoms. The summed E-state index contributed by atoms with van der Waals surface area (Å²) >= 11 is 3.38. The molecule has 116 valence electrons. The molecule has 0 atom stereocenters. The van der Waals surface area contributed by atoms with Gasteiger partial charge in [-0.05, 0) is 35.2 Å². The second-order valence-electron chi connectivity index (χ2n) is 5.43. The van der Waals surface area contributed by atoms with E-state index in [2.05, 4.69) is 21.0 Å². The minimum absolute atomic E-state index is 0.407. The van der Waals surface area contributed by atoms with Crippen molar-refractivity contribution in [2.24, 2.45) is 5.10 Å². The molecule has 0 bridgehead atoms. The van der Waals surface area contributed by atoms with E-state index in [4.69, 9.17) is 0 Å². The molecule has 4 rings (SSSR count). The summed E-state index contributed by atoms with van der Waals surface area (Å²) in [6.45, 7) is 0. The molecule has 0 aromatic heterocycles. The average molecular weight is 379 g/mol. The molecule has 1 aliphatic rings. The summed E-state index contributed by atoms with van der Waals surface area (Å²) in [5.74, 6) is -0.814. The van der Waals surface area contributed by atoms with Gasteiger partial charge in [0.05, 0.1) is 17.3 Å². The van der Waals surface area contributed by atoms with E-state index in [0.29, 0.717) is 16.5 Å². The van der Waals surface area contributed by atoms with Crippen molar-refractivity contribution in [3.05, 3.63) is 81.8 Å². The summed E-state index contributed by atoms with van der Waals surface area (Å²) in [5, 5.41) is 6.63. The lowest BCUT2D eigenvalue weighted by atomic mass is 9.95. The molecule has 0 radical (unpaired) electrons. The summed E-state index contributed by atoms with van der Waals surface area (Å²) in [7, 11) is 0. The van der Waals surface area contributed by atoms with E-state index in [9.17, 15) is 9.59 Å². The molecule has 24 heavy (non-hydrogen) atoms. The van der Waals surface area contributed by atoms with E-state index in [1.165, 1.54) is 6.21 Å². The molecular weight excluding hydrogens is 368 g/mol. The Morgan fingerprint density at radius 1 is 0.875 bits per heavy atom. The molecule has 0 fully saturated rings. The van der Waals surface area contributed by atoms with Crippen molar-refractivity contribution >= 4 is 44.7 Å². The highest BCUT2D eigenvalue weighted by Gasteiger charge is 2.32. The number of carbonyl (C=O) groups is 2. The van der Waals surface area contributed by atoms with Gasteiger partial charge in [0.25, 0.3) is 11.8 Å². The van der Waals surface area contributed by atoms with Gasteiger partial charge in [-0.1, -0.05) is 52.3 Å². The molecule has 0 aliphatic carbocycles. The number of halogens is 1. The lowest BCUT2D eigenvalue weighted by Gasteiger charge is -2.22. The zero-order valence-electron chi connectivity index (χ0n) is 12.4. The zero-order chi connectivity index (χ0) is 16.7. The fourth-order valence-electron chi connectivity index (χ4n) is 2.83. The van der Waals surface area contributed by atoms with Crippen LogP contribution in [0, 0.1) is 0 Å². The number of carbonyl (C=O) groups excluding carboxylic acids is 2. The van der Waals surface area contributed by atoms with Crippen LogP contribution in [0.2, 0.25) is 0 Å². The van der Waals surface area contributed by atoms with Crippen LogP contribution in [0.15, 0.2) is 70.2 Å². The van der Waals surface area contributed by atoms with Gasteiger partial charge in [0.15, 0.2) is 0 Å². The number of rotatable bonds is 2. The quantitative estimate of drug-likeness (QED) is 0.494. The molecule has 3 aromatic carbocycles. The largest absolute Gasteiger partial charge is 0.282 e. The van der Waals surface area contributed by atoms with Crippen molar-refractivity contribution in [2.75, 3.05) is 0 Å². The summed E-state index contributed by atoms with van der Waals surface area (Å²) < 4.78 is 0.901. The summed E-state index contributed by atoms with van der Waals surface area (Å²) in [6.07, 6.45) is 1.51. The molecule has 1 heterocycles. The molecule has 2 amide bonds. The molecule has 3 aromatic rings. The number of hydrogen-bond acceptors (Lipinski definition) is 3. The zero-order valence-corrected chi connectivity index (χ0v) is 14.0.